The molecule has 0 spiro atoms. The number of amides is 1. The van der Waals surface area contributed by atoms with E-state index in [1.54, 1.807) is 6.07 Å². The lowest BCUT2D eigenvalue weighted by Gasteiger charge is -2.11. The Bertz CT molecular complexity index is 565. The van der Waals surface area contributed by atoms with Gasteiger partial charge >= 0.3 is 10.1 Å². The quantitative estimate of drug-likeness (QED) is 0.642. The number of nitrogens with one attached hydrogen (secondary N) is 1. The maximum atomic E-state index is 11.2. The van der Waals surface area contributed by atoms with E-state index >= 15 is 0 Å². The number of hydrogen-bond donors (Lipinski definition) is 1. The van der Waals surface area contributed by atoms with Crippen molar-refractivity contribution in [2.75, 3.05) is 18.7 Å². The summed E-state index contributed by atoms with van der Waals surface area (Å²) in [4.78, 5) is 11.2. The summed E-state index contributed by atoms with van der Waals surface area (Å²) < 4.78 is 31.9. The molecule has 1 N–H and O–H groups in total. The highest BCUT2D eigenvalue weighted by Gasteiger charge is 2.12. The van der Waals surface area contributed by atoms with Gasteiger partial charge in [-0.05, 0) is 18.2 Å². The highest BCUT2D eigenvalue weighted by molar-refractivity contribution is 7.86. The highest BCUT2D eigenvalue weighted by Crippen LogP contribution is 2.30. The summed E-state index contributed by atoms with van der Waals surface area (Å²) in [7, 11) is -2.27. The first kappa shape index (κ1) is 14.0. The van der Waals surface area contributed by atoms with Gasteiger partial charge in [-0.15, -0.1) is 0 Å². The SMILES string of the molecule is C=CC(=O)Nc1ccc(OC)cc1OS(C)(=O)=O. The zero-order valence-electron chi connectivity index (χ0n) is 9.97. The van der Waals surface area contributed by atoms with Crippen LogP contribution < -0.4 is 14.2 Å². The van der Waals surface area contributed by atoms with Crippen LogP contribution in [0.3, 0.4) is 0 Å². The van der Waals surface area contributed by atoms with E-state index < -0.39 is 16.0 Å². The number of ether oxygens (including phenoxy) is 1. The second-order valence-corrected chi connectivity index (χ2v) is 4.92. The smallest absolute Gasteiger partial charge is 0.306 e. The molecule has 1 rings (SSSR count). The zero-order chi connectivity index (χ0) is 13.8. The van der Waals surface area contributed by atoms with Crippen LogP contribution >= 0.6 is 0 Å². The Labute approximate surface area is 105 Å². The summed E-state index contributed by atoms with van der Waals surface area (Å²) >= 11 is 0. The molecule has 0 saturated carbocycles. The van der Waals surface area contributed by atoms with Crippen LogP contribution in [0.1, 0.15) is 0 Å². The topological polar surface area (TPSA) is 81.7 Å². The van der Waals surface area contributed by atoms with E-state index in [9.17, 15) is 13.2 Å². The van der Waals surface area contributed by atoms with Gasteiger partial charge in [0.05, 0.1) is 19.1 Å². The van der Waals surface area contributed by atoms with Crippen molar-refractivity contribution in [2.24, 2.45) is 0 Å². The fraction of sp³-hybridized carbons (Fsp3) is 0.182. The second-order valence-electron chi connectivity index (χ2n) is 3.34. The van der Waals surface area contributed by atoms with Crippen LogP contribution in [0, 0.1) is 0 Å². The first-order valence-corrected chi connectivity index (χ1v) is 6.68. The van der Waals surface area contributed by atoms with Gasteiger partial charge in [-0.3, -0.25) is 4.79 Å². The molecule has 0 aliphatic carbocycles. The van der Waals surface area contributed by atoms with Crippen LogP contribution in [0.4, 0.5) is 5.69 Å². The van der Waals surface area contributed by atoms with E-state index in [-0.39, 0.29) is 11.4 Å². The highest BCUT2D eigenvalue weighted by atomic mass is 32.2. The number of carbonyl (C=O) groups excluding carboxylic acids is 1. The Balaban J connectivity index is 3.15. The van der Waals surface area contributed by atoms with Crippen molar-refractivity contribution in [3.05, 3.63) is 30.9 Å². The molecule has 0 unspecified atom stereocenters. The van der Waals surface area contributed by atoms with Crippen molar-refractivity contribution in [1.82, 2.24) is 0 Å². The molecular weight excluding hydrogens is 258 g/mol. The molecule has 7 heteroatoms. The van der Waals surface area contributed by atoms with E-state index in [0.29, 0.717) is 5.75 Å². The van der Waals surface area contributed by atoms with Crippen LogP contribution in [0.2, 0.25) is 0 Å². The van der Waals surface area contributed by atoms with E-state index in [0.717, 1.165) is 12.3 Å². The first-order valence-electron chi connectivity index (χ1n) is 4.86. The van der Waals surface area contributed by atoms with E-state index in [4.69, 9.17) is 8.92 Å². The molecule has 1 aromatic carbocycles. The van der Waals surface area contributed by atoms with Crippen molar-refractivity contribution in [1.29, 1.82) is 0 Å². The summed E-state index contributed by atoms with van der Waals surface area (Å²) in [6.45, 7) is 3.30. The van der Waals surface area contributed by atoms with Gasteiger partial charge < -0.3 is 14.2 Å². The summed E-state index contributed by atoms with van der Waals surface area (Å²) in [6.07, 6.45) is 1.97. The summed E-state index contributed by atoms with van der Waals surface area (Å²) in [5, 5.41) is 2.43. The fourth-order valence-electron chi connectivity index (χ4n) is 1.15. The minimum Gasteiger partial charge on any atom is -0.497 e. The number of carbonyl (C=O) groups is 1. The summed E-state index contributed by atoms with van der Waals surface area (Å²) in [5.41, 5.74) is 0.214. The first-order chi connectivity index (χ1) is 8.35. The average molecular weight is 271 g/mol. The van der Waals surface area contributed by atoms with Crippen LogP contribution in [0.15, 0.2) is 30.9 Å². The van der Waals surface area contributed by atoms with Gasteiger partial charge in [-0.1, -0.05) is 6.58 Å². The van der Waals surface area contributed by atoms with Crippen LogP contribution in [0.25, 0.3) is 0 Å². The molecule has 0 aliphatic heterocycles. The number of benzene rings is 1. The number of rotatable bonds is 5. The molecule has 0 aromatic heterocycles. The molecule has 1 aromatic rings. The largest absolute Gasteiger partial charge is 0.497 e. The third-order valence-corrected chi connectivity index (χ3v) is 2.36. The minimum absolute atomic E-state index is 0.0212. The molecular formula is C11H13NO5S. The van der Waals surface area contributed by atoms with Gasteiger partial charge in [0.15, 0.2) is 5.75 Å². The van der Waals surface area contributed by atoms with Crippen molar-refractivity contribution in [3.8, 4) is 11.5 Å². The maximum Gasteiger partial charge on any atom is 0.306 e. The van der Waals surface area contributed by atoms with Gasteiger partial charge in [-0.2, -0.15) is 8.42 Å². The lowest BCUT2D eigenvalue weighted by atomic mass is 10.2. The third kappa shape index (κ3) is 4.10. The molecule has 6 nitrogen and oxygen atoms in total. The molecule has 98 valence electrons. The van der Waals surface area contributed by atoms with Gasteiger partial charge in [0.1, 0.15) is 5.75 Å². The van der Waals surface area contributed by atoms with Crippen molar-refractivity contribution >= 4 is 21.7 Å². The van der Waals surface area contributed by atoms with Gasteiger partial charge in [0, 0.05) is 6.07 Å². The summed E-state index contributed by atoms with van der Waals surface area (Å²) in [5.74, 6) is -0.0872. The molecule has 0 radical (unpaired) electrons. The molecule has 18 heavy (non-hydrogen) atoms. The molecule has 0 bridgehead atoms. The van der Waals surface area contributed by atoms with Crippen molar-refractivity contribution in [2.45, 2.75) is 0 Å². The van der Waals surface area contributed by atoms with E-state index in [1.165, 1.54) is 19.2 Å². The van der Waals surface area contributed by atoms with E-state index in [1.807, 2.05) is 0 Å². The maximum absolute atomic E-state index is 11.2. The Morgan fingerprint density at radius 3 is 2.61 bits per heavy atom. The van der Waals surface area contributed by atoms with E-state index in [2.05, 4.69) is 11.9 Å². The van der Waals surface area contributed by atoms with Crippen molar-refractivity contribution < 1.29 is 22.1 Å². The number of anilines is 1. The lowest BCUT2D eigenvalue weighted by molar-refractivity contribution is -0.111. The van der Waals surface area contributed by atoms with Gasteiger partial charge in [-0.25, -0.2) is 0 Å². The molecule has 0 atom stereocenters. The molecule has 0 heterocycles. The molecule has 1 amide bonds. The Morgan fingerprint density at radius 1 is 1.44 bits per heavy atom. The Morgan fingerprint density at radius 2 is 2.11 bits per heavy atom. The van der Waals surface area contributed by atoms with Crippen LogP contribution in [-0.2, 0) is 14.9 Å². The number of methoxy groups -OCH3 is 1. The van der Waals surface area contributed by atoms with Crippen LogP contribution in [-0.4, -0.2) is 27.7 Å². The minimum atomic E-state index is -3.70. The van der Waals surface area contributed by atoms with Gasteiger partial charge in [0.2, 0.25) is 5.91 Å². The van der Waals surface area contributed by atoms with Crippen LogP contribution in [0.5, 0.6) is 11.5 Å². The molecule has 0 saturated heterocycles. The summed E-state index contributed by atoms with van der Waals surface area (Å²) in [6, 6.07) is 4.40. The molecule has 0 fully saturated rings. The number of hydrogen-bond acceptors (Lipinski definition) is 5. The predicted molar refractivity (Wildman–Crippen MR) is 67.3 cm³/mol. The third-order valence-electron chi connectivity index (χ3n) is 1.87. The predicted octanol–water partition coefficient (Wildman–Crippen LogP) is 1.16. The monoisotopic (exact) mass is 271 g/mol. The fourth-order valence-corrected chi connectivity index (χ4v) is 1.61. The average Bonchev–Trinajstić information content (AvgIpc) is 2.29. The van der Waals surface area contributed by atoms with Crippen molar-refractivity contribution in [3.63, 3.8) is 0 Å². The standard InChI is InChI=1S/C11H13NO5S/c1-4-11(13)12-9-6-5-8(16-2)7-10(9)17-18(3,14)15/h4-7H,1H2,2-3H3,(H,12,13). The Hall–Kier alpha value is -2.02. The second kappa shape index (κ2) is 5.54. The lowest BCUT2D eigenvalue weighted by Crippen LogP contribution is -2.12. The zero-order valence-corrected chi connectivity index (χ0v) is 10.8. The van der Waals surface area contributed by atoms with Gasteiger partial charge in [0.25, 0.3) is 0 Å². The Kier molecular flexibility index (Phi) is 4.33. The normalized spacial score (nSPS) is 10.6. The molecule has 0 aliphatic rings.